The Morgan fingerprint density at radius 1 is 0.862 bits per heavy atom. The Kier molecular flexibility index (Phi) is 6.05. The van der Waals surface area contributed by atoms with Crippen LogP contribution in [0.25, 0.3) is 0 Å². The van der Waals surface area contributed by atoms with E-state index in [9.17, 15) is 9.59 Å². The summed E-state index contributed by atoms with van der Waals surface area (Å²) < 4.78 is 5.95. The third-order valence-electron chi connectivity index (χ3n) is 5.67. The van der Waals surface area contributed by atoms with Gasteiger partial charge in [0.1, 0.15) is 12.4 Å². The molecule has 1 atom stereocenters. The average Bonchev–Trinajstić information content (AvgIpc) is 3.44. The summed E-state index contributed by atoms with van der Waals surface area (Å²) in [5.74, 6) is 0.817. The van der Waals surface area contributed by atoms with Crippen molar-refractivity contribution in [3.05, 3.63) is 64.7 Å². The highest BCUT2D eigenvalue weighted by Crippen LogP contribution is 2.23. The van der Waals surface area contributed by atoms with Gasteiger partial charge in [0, 0.05) is 35.8 Å². The number of carbonyl (C=O) groups is 2. The van der Waals surface area contributed by atoms with E-state index in [0.717, 1.165) is 45.3 Å². The van der Waals surface area contributed by atoms with E-state index >= 15 is 0 Å². The van der Waals surface area contributed by atoms with Gasteiger partial charge < -0.3 is 14.5 Å². The molecule has 29 heavy (non-hydrogen) atoms. The molecule has 2 aromatic carbocycles. The summed E-state index contributed by atoms with van der Waals surface area (Å²) in [5, 5.41) is 0.620. The molecule has 2 heterocycles. The SMILES string of the molecule is O=C(c1ccc(OC[C@@H]2CCCN2C(=O)c2ccc(Cl)cc2)cc1)N1CCCC1. The van der Waals surface area contributed by atoms with E-state index in [1.54, 1.807) is 24.3 Å². The van der Waals surface area contributed by atoms with Gasteiger partial charge >= 0.3 is 0 Å². The summed E-state index contributed by atoms with van der Waals surface area (Å²) in [7, 11) is 0. The van der Waals surface area contributed by atoms with Crippen LogP contribution in [0, 0.1) is 0 Å². The zero-order chi connectivity index (χ0) is 20.2. The van der Waals surface area contributed by atoms with Crippen LogP contribution in [0.5, 0.6) is 5.75 Å². The van der Waals surface area contributed by atoms with Gasteiger partial charge in [0.2, 0.25) is 0 Å². The van der Waals surface area contributed by atoms with Crippen LogP contribution < -0.4 is 4.74 Å². The molecule has 6 heteroatoms. The number of halogens is 1. The molecular weight excluding hydrogens is 388 g/mol. The minimum atomic E-state index is 0.0133. The van der Waals surface area contributed by atoms with Crippen LogP contribution in [0.2, 0.25) is 5.02 Å². The van der Waals surface area contributed by atoms with E-state index in [1.165, 1.54) is 0 Å². The Bertz CT molecular complexity index is 861. The van der Waals surface area contributed by atoms with Gasteiger partial charge in [0.05, 0.1) is 6.04 Å². The fraction of sp³-hybridized carbons (Fsp3) is 0.391. The van der Waals surface area contributed by atoms with Crippen molar-refractivity contribution in [2.75, 3.05) is 26.2 Å². The van der Waals surface area contributed by atoms with E-state index < -0.39 is 0 Å². The first-order valence-corrected chi connectivity index (χ1v) is 10.6. The highest BCUT2D eigenvalue weighted by atomic mass is 35.5. The Labute approximate surface area is 176 Å². The molecule has 2 aliphatic rings. The van der Waals surface area contributed by atoms with Crippen molar-refractivity contribution in [3.63, 3.8) is 0 Å². The molecule has 2 saturated heterocycles. The lowest BCUT2D eigenvalue weighted by atomic mass is 10.1. The van der Waals surface area contributed by atoms with Crippen LogP contribution in [-0.2, 0) is 0 Å². The molecule has 0 aliphatic carbocycles. The number of ether oxygens (including phenoxy) is 1. The Morgan fingerprint density at radius 2 is 1.48 bits per heavy atom. The van der Waals surface area contributed by atoms with Crippen molar-refractivity contribution in [2.24, 2.45) is 0 Å². The van der Waals surface area contributed by atoms with Gasteiger partial charge in [0.25, 0.3) is 11.8 Å². The number of hydrogen-bond acceptors (Lipinski definition) is 3. The van der Waals surface area contributed by atoms with Gasteiger partial charge in [-0.1, -0.05) is 11.6 Å². The van der Waals surface area contributed by atoms with Crippen LogP contribution in [0.3, 0.4) is 0 Å². The third-order valence-corrected chi connectivity index (χ3v) is 5.92. The molecule has 0 bridgehead atoms. The highest BCUT2D eigenvalue weighted by Gasteiger charge is 2.30. The standard InChI is InChI=1S/C23H25ClN2O3/c24-19-9-5-18(6-10-19)23(28)26-15-3-4-20(26)16-29-21-11-7-17(8-12-21)22(27)25-13-1-2-14-25/h5-12,20H,1-4,13-16H2/t20-/m0/s1. The predicted molar refractivity (Wildman–Crippen MR) is 113 cm³/mol. The van der Waals surface area contributed by atoms with Crippen LogP contribution in [0.15, 0.2) is 48.5 Å². The fourth-order valence-electron chi connectivity index (χ4n) is 4.02. The molecule has 2 aliphatic heterocycles. The molecule has 0 aromatic heterocycles. The maximum absolute atomic E-state index is 12.8. The molecule has 0 saturated carbocycles. The maximum atomic E-state index is 12.8. The van der Waals surface area contributed by atoms with Crippen LogP contribution >= 0.6 is 11.6 Å². The zero-order valence-electron chi connectivity index (χ0n) is 16.4. The fourth-order valence-corrected chi connectivity index (χ4v) is 4.15. The molecule has 2 amide bonds. The minimum Gasteiger partial charge on any atom is -0.491 e. The smallest absolute Gasteiger partial charge is 0.254 e. The lowest BCUT2D eigenvalue weighted by Gasteiger charge is -2.25. The number of hydrogen-bond donors (Lipinski definition) is 0. The molecule has 2 fully saturated rings. The average molecular weight is 413 g/mol. The van der Waals surface area contributed by atoms with Crippen LogP contribution in [-0.4, -0.2) is 53.9 Å². The number of likely N-dealkylation sites (tertiary alicyclic amines) is 2. The largest absolute Gasteiger partial charge is 0.491 e. The summed E-state index contributed by atoms with van der Waals surface area (Å²) in [4.78, 5) is 29.0. The first-order chi connectivity index (χ1) is 14.1. The monoisotopic (exact) mass is 412 g/mol. The van der Waals surface area contributed by atoms with Crippen LogP contribution in [0.4, 0.5) is 0 Å². The van der Waals surface area contributed by atoms with Gasteiger partial charge in [-0.25, -0.2) is 0 Å². The van der Waals surface area contributed by atoms with Crippen molar-refractivity contribution >= 4 is 23.4 Å². The number of amides is 2. The number of rotatable bonds is 5. The summed E-state index contributed by atoms with van der Waals surface area (Å²) >= 11 is 5.92. The van der Waals surface area contributed by atoms with Crippen LogP contribution in [0.1, 0.15) is 46.4 Å². The minimum absolute atomic E-state index is 0.0133. The van der Waals surface area contributed by atoms with E-state index in [2.05, 4.69) is 0 Å². The van der Waals surface area contributed by atoms with E-state index in [4.69, 9.17) is 16.3 Å². The Morgan fingerprint density at radius 3 is 2.17 bits per heavy atom. The van der Waals surface area contributed by atoms with Crippen molar-refractivity contribution in [2.45, 2.75) is 31.7 Å². The quantitative estimate of drug-likeness (QED) is 0.737. The summed E-state index contributed by atoms with van der Waals surface area (Å²) in [6.07, 6.45) is 4.06. The van der Waals surface area contributed by atoms with Crippen molar-refractivity contribution < 1.29 is 14.3 Å². The van der Waals surface area contributed by atoms with E-state index in [1.807, 2.05) is 34.1 Å². The van der Waals surface area contributed by atoms with Crippen molar-refractivity contribution in [1.29, 1.82) is 0 Å². The first kappa shape index (κ1) is 19.8. The maximum Gasteiger partial charge on any atom is 0.254 e. The van der Waals surface area contributed by atoms with E-state index in [-0.39, 0.29) is 17.9 Å². The van der Waals surface area contributed by atoms with E-state index in [0.29, 0.717) is 28.5 Å². The summed E-state index contributed by atoms with van der Waals surface area (Å²) in [6, 6.07) is 14.4. The van der Waals surface area contributed by atoms with Crippen molar-refractivity contribution in [3.8, 4) is 5.75 Å². The summed E-state index contributed by atoms with van der Waals surface area (Å²) in [6.45, 7) is 2.87. The molecule has 0 unspecified atom stereocenters. The Balaban J connectivity index is 1.34. The molecule has 5 nitrogen and oxygen atoms in total. The molecule has 2 aromatic rings. The normalized spacial score (nSPS) is 18.9. The van der Waals surface area contributed by atoms with Gasteiger partial charge in [0.15, 0.2) is 0 Å². The summed E-state index contributed by atoms with van der Waals surface area (Å²) in [5.41, 5.74) is 1.34. The molecule has 4 rings (SSSR count). The second-order valence-corrected chi connectivity index (χ2v) is 8.07. The lowest BCUT2D eigenvalue weighted by molar-refractivity contribution is 0.0690. The molecule has 0 N–H and O–H groups in total. The molecule has 152 valence electrons. The first-order valence-electron chi connectivity index (χ1n) is 10.2. The number of carbonyl (C=O) groups excluding carboxylic acids is 2. The molecule has 0 spiro atoms. The topological polar surface area (TPSA) is 49.9 Å². The Hall–Kier alpha value is -2.53. The van der Waals surface area contributed by atoms with Gasteiger partial charge in [-0.05, 0) is 74.2 Å². The second-order valence-electron chi connectivity index (χ2n) is 7.64. The highest BCUT2D eigenvalue weighted by molar-refractivity contribution is 6.30. The zero-order valence-corrected chi connectivity index (χ0v) is 17.1. The molecule has 0 radical (unpaired) electrons. The third kappa shape index (κ3) is 4.56. The molecular formula is C23H25ClN2O3. The number of benzene rings is 2. The second kappa shape index (κ2) is 8.87. The number of nitrogens with zero attached hydrogens (tertiary/aromatic N) is 2. The predicted octanol–water partition coefficient (Wildman–Crippen LogP) is 4.26. The van der Waals surface area contributed by atoms with Gasteiger partial charge in [-0.15, -0.1) is 0 Å². The lowest BCUT2D eigenvalue weighted by Crippen LogP contribution is -2.39. The van der Waals surface area contributed by atoms with Gasteiger partial charge in [-0.2, -0.15) is 0 Å². The van der Waals surface area contributed by atoms with Crippen molar-refractivity contribution in [1.82, 2.24) is 9.80 Å². The van der Waals surface area contributed by atoms with Gasteiger partial charge in [-0.3, -0.25) is 9.59 Å².